The van der Waals surface area contributed by atoms with E-state index in [0.717, 1.165) is 36.8 Å². The molecule has 0 aliphatic heterocycles. The minimum atomic E-state index is -0.129. The molecule has 5 heteroatoms. The van der Waals surface area contributed by atoms with Crippen LogP contribution in [0.25, 0.3) is 11.4 Å². The first-order chi connectivity index (χ1) is 13.1. The average molecular weight is 370 g/mol. The molecule has 0 bridgehead atoms. The predicted molar refractivity (Wildman–Crippen MR) is 107 cm³/mol. The van der Waals surface area contributed by atoms with Gasteiger partial charge in [-0.05, 0) is 25.3 Å². The van der Waals surface area contributed by atoms with Crippen molar-refractivity contribution in [3.8, 4) is 17.1 Å². The summed E-state index contributed by atoms with van der Waals surface area (Å²) in [4.78, 5) is 20.5. The van der Waals surface area contributed by atoms with Crippen molar-refractivity contribution in [2.24, 2.45) is 0 Å². The van der Waals surface area contributed by atoms with Crippen LogP contribution in [0.2, 0.25) is 0 Å². The number of carbonyl (C=O) groups is 1. The number of hydrogen-bond donors (Lipinski definition) is 0. The van der Waals surface area contributed by atoms with Crippen LogP contribution < -0.4 is 4.74 Å². The van der Waals surface area contributed by atoms with Crippen LogP contribution in [0.1, 0.15) is 58.4 Å². The zero-order chi connectivity index (χ0) is 19.5. The van der Waals surface area contributed by atoms with Gasteiger partial charge in [-0.25, -0.2) is 9.97 Å². The fraction of sp³-hybridized carbons (Fsp3) is 0.500. The highest BCUT2D eigenvalue weighted by Gasteiger charge is 2.10. The molecule has 0 aliphatic carbocycles. The zero-order valence-electron chi connectivity index (χ0n) is 16.6. The second-order valence-electron chi connectivity index (χ2n) is 6.75. The standard InChI is InChI=1S/C22H30N2O3/c1-4-6-8-21(25)27-17(3)14-18-9-11-19(12-10-18)22-23-15-20(16-24-22)26-13-7-5-2/h9-12,15-17H,4-8,13-14H2,1-3H3. The molecule has 0 spiro atoms. The summed E-state index contributed by atoms with van der Waals surface area (Å²) in [5, 5.41) is 0. The van der Waals surface area contributed by atoms with E-state index >= 15 is 0 Å². The van der Waals surface area contributed by atoms with Crippen LogP contribution in [0, 0.1) is 0 Å². The van der Waals surface area contributed by atoms with Gasteiger partial charge in [-0.1, -0.05) is 51.0 Å². The SMILES string of the molecule is CCCCOc1cnc(-c2ccc(CC(C)OC(=O)CCCC)cc2)nc1. The largest absolute Gasteiger partial charge is 0.490 e. The third-order valence-corrected chi connectivity index (χ3v) is 4.20. The van der Waals surface area contributed by atoms with Gasteiger partial charge in [-0.3, -0.25) is 4.79 Å². The molecule has 0 N–H and O–H groups in total. The summed E-state index contributed by atoms with van der Waals surface area (Å²) in [5.41, 5.74) is 2.07. The summed E-state index contributed by atoms with van der Waals surface area (Å²) in [7, 11) is 0. The van der Waals surface area contributed by atoms with Crippen LogP contribution >= 0.6 is 0 Å². The molecule has 1 heterocycles. The third-order valence-electron chi connectivity index (χ3n) is 4.20. The number of carbonyl (C=O) groups excluding carboxylic acids is 1. The monoisotopic (exact) mass is 370 g/mol. The average Bonchev–Trinajstić information content (AvgIpc) is 2.68. The van der Waals surface area contributed by atoms with Gasteiger partial charge in [0.2, 0.25) is 0 Å². The van der Waals surface area contributed by atoms with Gasteiger partial charge in [0.05, 0.1) is 19.0 Å². The van der Waals surface area contributed by atoms with Crippen LogP contribution in [-0.2, 0) is 16.0 Å². The second-order valence-corrected chi connectivity index (χ2v) is 6.75. The Labute approximate surface area is 162 Å². The number of unbranched alkanes of at least 4 members (excludes halogenated alkanes) is 2. The number of benzene rings is 1. The first-order valence-electron chi connectivity index (χ1n) is 9.86. The lowest BCUT2D eigenvalue weighted by atomic mass is 10.1. The van der Waals surface area contributed by atoms with E-state index in [2.05, 4.69) is 23.8 Å². The van der Waals surface area contributed by atoms with Gasteiger partial charge in [0.15, 0.2) is 11.6 Å². The molecular formula is C22H30N2O3. The summed E-state index contributed by atoms with van der Waals surface area (Å²) >= 11 is 0. The molecule has 1 atom stereocenters. The van der Waals surface area contributed by atoms with Crippen molar-refractivity contribution in [2.45, 2.75) is 65.4 Å². The first kappa shape index (κ1) is 20.9. The van der Waals surface area contributed by atoms with Gasteiger partial charge in [0.1, 0.15) is 6.10 Å². The molecule has 2 rings (SSSR count). The van der Waals surface area contributed by atoms with Crippen LogP contribution in [-0.4, -0.2) is 28.6 Å². The maximum atomic E-state index is 11.7. The lowest BCUT2D eigenvalue weighted by Crippen LogP contribution is -2.17. The lowest BCUT2D eigenvalue weighted by Gasteiger charge is -2.13. The summed E-state index contributed by atoms with van der Waals surface area (Å²) in [6.45, 7) is 6.81. The molecule has 146 valence electrons. The van der Waals surface area contributed by atoms with Crippen LogP contribution in [0.5, 0.6) is 5.75 Å². The smallest absolute Gasteiger partial charge is 0.306 e. The van der Waals surface area contributed by atoms with Gasteiger partial charge in [0.25, 0.3) is 0 Å². The number of ether oxygens (including phenoxy) is 2. The van der Waals surface area contributed by atoms with E-state index in [-0.39, 0.29) is 12.1 Å². The lowest BCUT2D eigenvalue weighted by molar-refractivity contribution is -0.148. The number of hydrogen-bond acceptors (Lipinski definition) is 5. The highest BCUT2D eigenvalue weighted by molar-refractivity contribution is 5.69. The van der Waals surface area contributed by atoms with Crippen LogP contribution in [0.15, 0.2) is 36.7 Å². The summed E-state index contributed by atoms with van der Waals surface area (Å²) in [6.07, 6.45) is 8.49. The normalized spacial score (nSPS) is 11.8. The maximum absolute atomic E-state index is 11.7. The highest BCUT2D eigenvalue weighted by atomic mass is 16.5. The molecule has 1 aromatic carbocycles. The Bertz CT molecular complexity index is 684. The fourth-order valence-corrected chi connectivity index (χ4v) is 2.64. The first-order valence-corrected chi connectivity index (χ1v) is 9.86. The summed E-state index contributed by atoms with van der Waals surface area (Å²) in [5.74, 6) is 1.25. The number of nitrogens with zero attached hydrogens (tertiary/aromatic N) is 2. The molecule has 1 aromatic heterocycles. The number of aromatic nitrogens is 2. The Morgan fingerprint density at radius 1 is 1.04 bits per heavy atom. The van der Waals surface area contributed by atoms with Gasteiger partial charge in [-0.15, -0.1) is 0 Å². The topological polar surface area (TPSA) is 61.3 Å². The zero-order valence-corrected chi connectivity index (χ0v) is 16.6. The van der Waals surface area contributed by atoms with E-state index in [9.17, 15) is 4.79 Å². The molecule has 2 aromatic rings. The molecule has 0 saturated heterocycles. The van der Waals surface area contributed by atoms with Gasteiger partial charge >= 0.3 is 5.97 Å². The van der Waals surface area contributed by atoms with Crippen LogP contribution in [0.4, 0.5) is 0 Å². The molecule has 0 radical (unpaired) electrons. The van der Waals surface area contributed by atoms with Crippen molar-refractivity contribution in [3.63, 3.8) is 0 Å². The molecule has 0 aliphatic rings. The Balaban J connectivity index is 1.88. The van der Waals surface area contributed by atoms with Crippen molar-refractivity contribution in [1.29, 1.82) is 0 Å². The molecule has 0 saturated carbocycles. The van der Waals surface area contributed by atoms with Crippen molar-refractivity contribution < 1.29 is 14.3 Å². The van der Waals surface area contributed by atoms with Crippen molar-refractivity contribution in [2.75, 3.05) is 6.61 Å². The van der Waals surface area contributed by atoms with Crippen LogP contribution in [0.3, 0.4) is 0 Å². The maximum Gasteiger partial charge on any atom is 0.306 e. The molecule has 0 amide bonds. The predicted octanol–water partition coefficient (Wildman–Crippen LogP) is 4.99. The van der Waals surface area contributed by atoms with E-state index < -0.39 is 0 Å². The van der Waals surface area contributed by atoms with E-state index in [1.54, 1.807) is 12.4 Å². The molecule has 1 unspecified atom stereocenters. The Morgan fingerprint density at radius 3 is 2.33 bits per heavy atom. The summed E-state index contributed by atoms with van der Waals surface area (Å²) < 4.78 is 11.0. The molecular weight excluding hydrogens is 340 g/mol. The molecule has 0 fully saturated rings. The van der Waals surface area contributed by atoms with E-state index in [4.69, 9.17) is 9.47 Å². The molecule has 5 nitrogen and oxygen atoms in total. The van der Waals surface area contributed by atoms with Gasteiger partial charge in [0, 0.05) is 18.4 Å². The van der Waals surface area contributed by atoms with Gasteiger partial charge in [-0.2, -0.15) is 0 Å². The third kappa shape index (κ3) is 7.37. The van der Waals surface area contributed by atoms with E-state index in [1.165, 1.54) is 0 Å². The Hall–Kier alpha value is -2.43. The Kier molecular flexibility index (Phi) is 8.75. The van der Waals surface area contributed by atoms with Crippen molar-refractivity contribution in [1.82, 2.24) is 9.97 Å². The molecule has 27 heavy (non-hydrogen) atoms. The van der Waals surface area contributed by atoms with Gasteiger partial charge < -0.3 is 9.47 Å². The quantitative estimate of drug-likeness (QED) is 0.412. The minimum Gasteiger partial charge on any atom is -0.490 e. The van der Waals surface area contributed by atoms with E-state index in [1.807, 2.05) is 31.2 Å². The Morgan fingerprint density at radius 2 is 1.70 bits per heavy atom. The summed E-state index contributed by atoms with van der Waals surface area (Å²) in [6, 6.07) is 8.04. The fourth-order valence-electron chi connectivity index (χ4n) is 2.64. The second kappa shape index (κ2) is 11.3. The minimum absolute atomic E-state index is 0.115. The highest BCUT2D eigenvalue weighted by Crippen LogP contribution is 2.18. The van der Waals surface area contributed by atoms with E-state index in [0.29, 0.717) is 31.0 Å². The van der Waals surface area contributed by atoms with Crippen molar-refractivity contribution in [3.05, 3.63) is 42.2 Å². The number of esters is 1. The van der Waals surface area contributed by atoms with Crippen molar-refractivity contribution >= 4 is 5.97 Å². The number of rotatable bonds is 11.